The van der Waals surface area contributed by atoms with Gasteiger partial charge in [0.05, 0.1) is 11.1 Å². The average molecular weight is 413 g/mol. The third-order valence-electron chi connectivity index (χ3n) is 6.04. The van der Waals surface area contributed by atoms with Crippen LogP contribution in [0.15, 0.2) is 40.5 Å². The number of aromatic nitrogens is 2. The van der Waals surface area contributed by atoms with Crippen molar-refractivity contribution in [1.29, 1.82) is 0 Å². The van der Waals surface area contributed by atoms with Crippen LogP contribution >= 0.6 is 11.8 Å². The van der Waals surface area contributed by atoms with E-state index in [-0.39, 0.29) is 0 Å². The van der Waals surface area contributed by atoms with E-state index in [1.165, 1.54) is 10.5 Å². The first-order valence-corrected chi connectivity index (χ1v) is 11.1. The minimum absolute atomic E-state index is 0.617. The second-order valence-electron chi connectivity index (χ2n) is 8.71. The summed E-state index contributed by atoms with van der Waals surface area (Å²) >= 11 is 1.66. The van der Waals surface area contributed by atoms with Gasteiger partial charge in [0.2, 0.25) is 0 Å². The lowest BCUT2D eigenvalue weighted by atomic mass is 9.82. The number of aliphatic carboxylic acids is 1. The Bertz CT molecular complexity index is 894. The summed E-state index contributed by atoms with van der Waals surface area (Å²) in [6.07, 6.45) is 7.50. The SMILES string of the molecule is CC(C)(CCC1CCN(Cc2ccc3c(c2)Nc2nccnc2S3)CC1)C(=O)O. The fourth-order valence-corrected chi connectivity index (χ4v) is 4.82. The number of hydrogen-bond donors (Lipinski definition) is 2. The summed E-state index contributed by atoms with van der Waals surface area (Å²) in [5, 5.41) is 13.6. The maximum atomic E-state index is 11.3. The van der Waals surface area contributed by atoms with E-state index in [1.54, 1.807) is 24.2 Å². The van der Waals surface area contributed by atoms with E-state index in [2.05, 4.69) is 38.4 Å². The van der Waals surface area contributed by atoms with Crippen molar-refractivity contribution in [2.24, 2.45) is 11.3 Å². The van der Waals surface area contributed by atoms with Crippen LogP contribution in [0.5, 0.6) is 0 Å². The van der Waals surface area contributed by atoms with Crippen LogP contribution in [0.25, 0.3) is 0 Å². The summed E-state index contributed by atoms with van der Waals surface area (Å²) < 4.78 is 0. The van der Waals surface area contributed by atoms with Crippen molar-refractivity contribution >= 4 is 29.2 Å². The lowest BCUT2D eigenvalue weighted by Crippen LogP contribution is -2.34. The average Bonchev–Trinajstić information content (AvgIpc) is 2.71. The number of carboxylic acid groups (broad SMARTS) is 1. The molecule has 7 heteroatoms. The molecule has 2 aliphatic heterocycles. The summed E-state index contributed by atoms with van der Waals surface area (Å²) in [7, 11) is 0. The number of anilines is 2. The van der Waals surface area contributed by atoms with Gasteiger partial charge in [0.25, 0.3) is 0 Å². The highest BCUT2D eigenvalue weighted by Crippen LogP contribution is 2.42. The third kappa shape index (κ3) is 4.73. The van der Waals surface area contributed by atoms with Crippen molar-refractivity contribution in [1.82, 2.24) is 14.9 Å². The van der Waals surface area contributed by atoms with Gasteiger partial charge in [0.1, 0.15) is 5.03 Å². The second kappa shape index (κ2) is 8.32. The Labute approximate surface area is 176 Å². The van der Waals surface area contributed by atoms with Crippen LogP contribution in [0, 0.1) is 11.3 Å². The van der Waals surface area contributed by atoms with Gasteiger partial charge in [-0.1, -0.05) is 17.8 Å². The monoisotopic (exact) mass is 412 g/mol. The van der Waals surface area contributed by atoms with Crippen LogP contribution in [0.2, 0.25) is 0 Å². The largest absolute Gasteiger partial charge is 0.481 e. The quantitative estimate of drug-likeness (QED) is 0.603. The van der Waals surface area contributed by atoms with E-state index in [9.17, 15) is 9.90 Å². The van der Waals surface area contributed by atoms with E-state index in [4.69, 9.17) is 0 Å². The molecule has 0 radical (unpaired) electrons. The Morgan fingerprint density at radius 1 is 1.28 bits per heavy atom. The number of piperidine rings is 1. The van der Waals surface area contributed by atoms with Gasteiger partial charge >= 0.3 is 5.97 Å². The molecule has 2 N–H and O–H groups in total. The Morgan fingerprint density at radius 3 is 2.79 bits per heavy atom. The van der Waals surface area contributed by atoms with Gasteiger partial charge in [-0.15, -0.1) is 0 Å². The van der Waals surface area contributed by atoms with E-state index >= 15 is 0 Å². The van der Waals surface area contributed by atoms with Gasteiger partial charge in [-0.2, -0.15) is 0 Å². The highest BCUT2D eigenvalue weighted by molar-refractivity contribution is 7.99. The molecule has 0 aliphatic carbocycles. The van der Waals surface area contributed by atoms with Crippen molar-refractivity contribution in [2.75, 3.05) is 18.4 Å². The van der Waals surface area contributed by atoms with Crippen LogP contribution in [-0.4, -0.2) is 39.0 Å². The van der Waals surface area contributed by atoms with Crippen molar-refractivity contribution in [3.63, 3.8) is 0 Å². The highest BCUT2D eigenvalue weighted by Gasteiger charge is 2.29. The number of nitrogens with one attached hydrogen (secondary N) is 1. The minimum Gasteiger partial charge on any atom is -0.481 e. The lowest BCUT2D eigenvalue weighted by Gasteiger charge is -2.33. The van der Waals surface area contributed by atoms with E-state index in [1.807, 2.05) is 13.8 Å². The number of carbonyl (C=O) groups is 1. The zero-order valence-corrected chi connectivity index (χ0v) is 17.8. The fourth-order valence-electron chi connectivity index (χ4n) is 3.94. The Balaban J connectivity index is 1.30. The molecule has 0 amide bonds. The number of benzene rings is 1. The number of rotatable bonds is 6. The third-order valence-corrected chi connectivity index (χ3v) is 7.11. The van der Waals surface area contributed by atoms with Crippen molar-refractivity contribution < 1.29 is 9.90 Å². The predicted molar refractivity (Wildman–Crippen MR) is 115 cm³/mol. The summed E-state index contributed by atoms with van der Waals surface area (Å²) in [4.78, 5) is 23.7. The molecular weight excluding hydrogens is 384 g/mol. The zero-order chi connectivity index (χ0) is 20.4. The second-order valence-corrected chi connectivity index (χ2v) is 9.75. The molecule has 1 aromatic heterocycles. The maximum absolute atomic E-state index is 11.3. The molecule has 154 valence electrons. The van der Waals surface area contributed by atoms with Crippen molar-refractivity contribution in [2.45, 2.75) is 56.0 Å². The maximum Gasteiger partial charge on any atom is 0.309 e. The minimum atomic E-state index is -0.692. The molecule has 0 saturated carbocycles. The first kappa shape index (κ1) is 20.2. The van der Waals surface area contributed by atoms with Gasteiger partial charge < -0.3 is 10.4 Å². The zero-order valence-electron chi connectivity index (χ0n) is 17.0. The molecule has 0 atom stereocenters. The number of fused-ring (bicyclic) bond motifs is 2. The van der Waals surface area contributed by atoms with Gasteiger partial charge in [0.15, 0.2) is 5.82 Å². The van der Waals surface area contributed by atoms with Gasteiger partial charge in [-0.3, -0.25) is 9.69 Å². The summed E-state index contributed by atoms with van der Waals surface area (Å²) in [5.41, 5.74) is 1.79. The number of nitrogens with zero attached hydrogens (tertiary/aromatic N) is 3. The standard InChI is InChI=1S/C22H28N4O2S/c1-22(2,21(27)28)8-5-15-6-11-26(12-7-15)14-16-3-4-18-17(13-16)25-19-20(29-18)24-10-9-23-19/h3-4,9-10,13,15H,5-8,11-12,14H2,1-2H3,(H,23,25)(H,27,28). The first-order chi connectivity index (χ1) is 13.9. The fraction of sp³-hybridized carbons (Fsp3) is 0.500. The highest BCUT2D eigenvalue weighted by atomic mass is 32.2. The van der Waals surface area contributed by atoms with Crippen LogP contribution in [0.4, 0.5) is 11.5 Å². The molecule has 1 aromatic carbocycles. The van der Waals surface area contributed by atoms with Gasteiger partial charge in [-0.05, 0) is 76.2 Å². The molecule has 2 aromatic rings. The molecule has 3 heterocycles. The smallest absolute Gasteiger partial charge is 0.309 e. The normalized spacial score (nSPS) is 17.3. The molecule has 6 nitrogen and oxygen atoms in total. The molecule has 1 fully saturated rings. The Kier molecular flexibility index (Phi) is 5.79. The topological polar surface area (TPSA) is 78.3 Å². The predicted octanol–water partition coefficient (Wildman–Crippen LogP) is 4.79. The lowest BCUT2D eigenvalue weighted by molar-refractivity contribution is -0.147. The van der Waals surface area contributed by atoms with E-state index < -0.39 is 11.4 Å². The molecule has 0 unspecified atom stereocenters. The molecule has 4 rings (SSSR count). The van der Waals surface area contributed by atoms with Crippen molar-refractivity contribution in [3.8, 4) is 0 Å². The van der Waals surface area contributed by atoms with Crippen LogP contribution in [0.1, 0.15) is 45.1 Å². The summed E-state index contributed by atoms with van der Waals surface area (Å²) in [6.45, 7) is 6.76. The number of likely N-dealkylation sites (tertiary alicyclic amines) is 1. The van der Waals surface area contributed by atoms with Crippen molar-refractivity contribution in [3.05, 3.63) is 36.2 Å². The van der Waals surface area contributed by atoms with E-state index in [0.29, 0.717) is 5.92 Å². The Morgan fingerprint density at radius 2 is 2.03 bits per heavy atom. The molecular formula is C22H28N4O2S. The summed E-state index contributed by atoms with van der Waals surface area (Å²) in [6, 6.07) is 6.60. The number of hydrogen-bond acceptors (Lipinski definition) is 6. The Hall–Kier alpha value is -2.12. The van der Waals surface area contributed by atoms with Crippen LogP contribution in [-0.2, 0) is 11.3 Å². The molecule has 1 saturated heterocycles. The first-order valence-electron chi connectivity index (χ1n) is 10.3. The molecule has 0 bridgehead atoms. The van der Waals surface area contributed by atoms with Gasteiger partial charge in [0, 0.05) is 23.8 Å². The molecule has 29 heavy (non-hydrogen) atoms. The van der Waals surface area contributed by atoms with Gasteiger partial charge in [-0.25, -0.2) is 9.97 Å². The van der Waals surface area contributed by atoms with Crippen LogP contribution in [0.3, 0.4) is 0 Å². The van der Waals surface area contributed by atoms with Crippen LogP contribution < -0.4 is 5.32 Å². The molecule has 0 spiro atoms. The van der Waals surface area contributed by atoms with E-state index in [0.717, 1.165) is 61.8 Å². The summed E-state index contributed by atoms with van der Waals surface area (Å²) in [5.74, 6) is 0.775. The molecule has 2 aliphatic rings. The number of carboxylic acids is 1.